The van der Waals surface area contributed by atoms with Crippen molar-refractivity contribution in [2.45, 2.75) is 40.0 Å². The molecule has 0 aromatic carbocycles. The third-order valence-corrected chi connectivity index (χ3v) is 3.00. The van der Waals surface area contributed by atoms with E-state index in [1.54, 1.807) is 0 Å². The number of hydrogen-bond acceptors (Lipinski definition) is 2. The van der Waals surface area contributed by atoms with Crippen molar-refractivity contribution in [1.82, 2.24) is 0 Å². The molecule has 3 nitrogen and oxygen atoms in total. The monoisotopic (exact) mass is 188 g/mol. The molecule has 0 bridgehead atoms. The van der Waals surface area contributed by atoms with Gasteiger partial charge in [0.05, 0.1) is 12.0 Å². The molecule has 78 valence electrons. The highest BCUT2D eigenvalue weighted by Crippen LogP contribution is 2.34. The van der Waals surface area contributed by atoms with Crippen LogP contribution in [0.2, 0.25) is 0 Å². The van der Waals surface area contributed by atoms with Gasteiger partial charge in [-0.25, -0.2) is 0 Å². The van der Waals surface area contributed by atoms with Gasteiger partial charge in [-0.2, -0.15) is 0 Å². The predicted molar refractivity (Wildman–Crippen MR) is 51.5 cm³/mol. The largest absolute Gasteiger partial charge is 0.481 e. The van der Waals surface area contributed by atoms with Crippen LogP contribution in [-0.2, 0) is 4.79 Å². The van der Waals surface area contributed by atoms with E-state index in [0.717, 1.165) is 12.8 Å². The molecule has 3 heteroatoms. The molecular formula is C10H20O3. The van der Waals surface area contributed by atoms with Gasteiger partial charge in [-0.15, -0.1) is 0 Å². The number of carbonyl (C=O) groups is 1. The average molecular weight is 188 g/mol. The van der Waals surface area contributed by atoms with Crippen molar-refractivity contribution >= 4 is 5.97 Å². The first-order chi connectivity index (χ1) is 6.05. The number of aliphatic hydroxyl groups excluding tert-OH is 1. The van der Waals surface area contributed by atoms with Crippen molar-refractivity contribution in [3.8, 4) is 0 Å². The highest BCUT2D eigenvalue weighted by molar-refractivity contribution is 5.75. The summed E-state index contributed by atoms with van der Waals surface area (Å²) in [6.07, 6.45) is 2.29. The Balaban J connectivity index is 4.64. The van der Waals surface area contributed by atoms with Gasteiger partial charge in [-0.05, 0) is 18.8 Å². The first-order valence-electron chi connectivity index (χ1n) is 4.89. The second kappa shape index (κ2) is 5.22. The highest BCUT2D eigenvalue weighted by atomic mass is 16.4. The Morgan fingerprint density at radius 2 is 2.00 bits per heavy atom. The van der Waals surface area contributed by atoms with E-state index in [9.17, 15) is 4.79 Å². The van der Waals surface area contributed by atoms with Crippen LogP contribution in [-0.4, -0.2) is 22.8 Å². The van der Waals surface area contributed by atoms with Gasteiger partial charge in [0.15, 0.2) is 0 Å². The summed E-state index contributed by atoms with van der Waals surface area (Å²) in [4.78, 5) is 11.0. The van der Waals surface area contributed by atoms with Gasteiger partial charge in [-0.3, -0.25) is 4.79 Å². The molecule has 0 radical (unpaired) electrons. The highest BCUT2D eigenvalue weighted by Gasteiger charge is 2.40. The zero-order valence-electron chi connectivity index (χ0n) is 8.71. The topological polar surface area (TPSA) is 57.5 Å². The first-order valence-corrected chi connectivity index (χ1v) is 4.89. The van der Waals surface area contributed by atoms with Gasteiger partial charge in [-0.1, -0.05) is 27.2 Å². The molecule has 2 atom stereocenters. The van der Waals surface area contributed by atoms with Crippen LogP contribution >= 0.6 is 0 Å². The van der Waals surface area contributed by atoms with E-state index in [4.69, 9.17) is 10.2 Å². The zero-order chi connectivity index (χ0) is 10.5. The van der Waals surface area contributed by atoms with Crippen LogP contribution in [0.3, 0.4) is 0 Å². The molecule has 0 fully saturated rings. The standard InChI is InChI=1S/C10H20O3/c1-4-6-8(3)10(5-2,7-11)9(12)13/h8,11H,4-7H2,1-3H3,(H,12,13). The Kier molecular flexibility index (Phi) is 4.99. The lowest BCUT2D eigenvalue weighted by molar-refractivity contribution is -0.156. The number of rotatable bonds is 6. The summed E-state index contributed by atoms with van der Waals surface area (Å²) in [6.45, 7) is 5.48. The fourth-order valence-electron chi connectivity index (χ4n) is 1.76. The molecule has 0 aliphatic rings. The van der Waals surface area contributed by atoms with Crippen molar-refractivity contribution in [2.24, 2.45) is 11.3 Å². The molecule has 0 heterocycles. The van der Waals surface area contributed by atoms with E-state index >= 15 is 0 Å². The van der Waals surface area contributed by atoms with Gasteiger partial charge in [0.25, 0.3) is 0 Å². The molecule has 0 saturated carbocycles. The SMILES string of the molecule is CCCC(C)C(CC)(CO)C(=O)O. The Morgan fingerprint density at radius 1 is 1.46 bits per heavy atom. The molecule has 0 saturated heterocycles. The summed E-state index contributed by atoms with van der Waals surface area (Å²) in [5, 5.41) is 18.2. The van der Waals surface area contributed by atoms with Crippen molar-refractivity contribution in [3.63, 3.8) is 0 Å². The van der Waals surface area contributed by atoms with Crippen molar-refractivity contribution in [1.29, 1.82) is 0 Å². The van der Waals surface area contributed by atoms with E-state index in [1.165, 1.54) is 0 Å². The van der Waals surface area contributed by atoms with Crippen LogP contribution in [0.15, 0.2) is 0 Å². The summed E-state index contributed by atoms with van der Waals surface area (Å²) < 4.78 is 0. The number of hydrogen-bond donors (Lipinski definition) is 2. The van der Waals surface area contributed by atoms with Crippen LogP contribution in [0, 0.1) is 11.3 Å². The van der Waals surface area contributed by atoms with Gasteiger partial charge in [0.1, 0.15) is 0 Å². The predicted octanol–water partition coefficient (Wildman–Crippen LogP) is 1.90. The number of aliphatic hydroxyl groups is 1. The normalized spacial score (nSPS) is 17.8. The van der Waals surface area contributed by atoms with Gasteiger partial charge in [0.2, 0.25) is 0 Å². The molecule has 0 aliphatic heterocycles. The lowest BCUT2D eigenvalue weighted by atomic mass is 9.73. The second-order valence-corrected chi connectivity index (χ2v) is 3.66. The maximum atomic E-state index is 11.0. The van der Waals surface area contributed by atoms with E-state index in [0.29, 0.717) is 6.42 Å². The maximum absolute atomic E-state index is 11.0. The lowest BCUT2D eigenvalue weighted by Gasteiger charge is -2.32. The molecule has 2 N–H and O–H groups in total. The van der Waals surface area contributed by atoms with Crippen LogP contribution in [0.5, 0.6) is 0 Å². The molecule has 0 rings (SSSR count). The van der Waals surface area contributed by atoms with Crippen LogP contribution < -0.4 is 0 Å². The first kappa shape index (κ1) is 12.4. The van der Waals surface area contributed by atoms with Crippen molar-refractivity contribution in [3.05, 3.63) is 0 Å². The lowest BCUT2D eigenvalue weighted by Crippen LogP contribution is -2.40. The van der Waals surface area contributed by atoms with E-state index in [2.05, 4.69) is 0 Å². The average Bonchev–Trinajstić information content (AvgIpc) is 2.07. The Morgan fingerprint density at radius 3 is 2.23 bits per heavy atom. The molecule has 0 spiro atoms. The summed E-state index contributed by atoms with van der Waals surface area (Å²) in [5.74, 6) is -0.844. The summed E-state index contributed by atoms with van der Waals surface area (Å²) in [6, 6.07) is 0. The number of carboxylic acid groups (broad SMARTS) is 1. The number of carboxylic acids is 1. The zero-order valence-corrected chi connectivity index (χ0v) is 8.71. The van der Waals surface area contributed by atoms with Crippen LogP contribution in [0.1, 0.15) is 40.0 Å². The third kappa shape index (κ3) is 2.44. The van der Waals surface area contributed by atoms with Crippen molar-refractivity contribution in [2.75, 3.05) is 6.61 Å². The minimum Gasteiger partial charge on any atom is -0.481 e. The molecule has 0 aromatic rings. The van der Waals surface area contributed by atoms with Crippen LogP contribution in [0.25, 0.3) is 0 Å². The molecular weight excluding hydrogens is 168 g/mol. The van der Waals surface area contributed by atoms with Gasteiger partial charge >= 0.3 is 5.97 Å². The second-order valence-electron chi connectivity index (χ2n) is 3.66. The summed E-state index contributed by atoms with van der Waals surface area (Å²) in [5.41, 5.74) is -0.935. The van der Waals surface area contributed by atoms with Crippen molar-refractivity contribution < 1.29 is 15.0 Å². The molecule has 0 aromatic heterocycles. The quantitative estimate of drug-likeness (QED) is 0.669. The maximum Gasteiger partial charge on any atom is 0.312 e. The Hall–Kier alpha value is -0.570. The Labute approximate surface area is 79.8 Å². The Bertz CT molecular complexity index is 162. The molecule has 13 heavy (non-hydrogen) atoms. The van der Waals surface area contributed by atoms with Gasteiger partial charge < -0.3 is 10.2 Å². The van der Waals surface area contributed by atoms with E-state index in [1.807, 2.05) is 20.8 Å². The molecule has 0 amide bonds. The fourth-order valence-corrected chi connectivity index (χ4v) is 1.76. The van der Waals surface area contributed by atoms with Gasteiger partial charge in [0, 0.05) is 0 Å². The van der Waals surface area contributed by atoms with E-state index < -0.39 is 11.4 Å². The fraction of sp³-hybridized carbons (Fsp3) is 0.900. The van der Waals surface area contributed by atoms with Crippen LogP contribution in [0.4, 0.5) is 0 Å². The van der Waals surface area contributed by atoms with E-state index in [-0.39, 0.29) is 12.5 Å². The minimum absolute atomic E-state index is 0.0324. The summed E-state index contributed by atoms with van der Waals surface area (Å²) >= 11 is 0. The number of aliphatic carboxylic acids is 1. The molecule has 2 unspecified atom stereocenters. The smallest absolute Gasteiger partial charge is 0.312 e. The minimum atomic E-state index is -0.935. The summed E-state index contributed by atoms with van der Waals surface area (Å²) in [7, 11) is 0. The molecule has 0 aliphatic carbocycles. The third-order valence-electron chi connectivity index (χ3n) is 3.00.